The third-order valence-corrected chi connectivity index (χ3v) is 3.75. The first-order valence-corrected chi connectivity index (χ1v) is 6.64. The molecule has 0 N–H and O–H groups in total. The van der Waals surface area contributed by atoms with Crippen molar-refractivity contribution in [1.82, 2.24) is 0 Å². The Morgan fingerprint density at radius 3 is 2.43 bits per heavy atom. The van der Waals surface area contributed by atoms with Gasteiger partial charge < -0.3 is 4.74 Å². The summed E-state index contributed by atoms with van der Waals surface area (Å²) in [6, 6.07) is 3.12. The molecule has 0 amide bonds. The average Bonchev–Trinajstić information content (AvgIpc) is 2.38. The lowest BCUT2D eigenvalue weighted by molar-refractivity contribution is -0.181. The van der Waals surface area contributed by atoms with Crippen molar-refractivity contribution in [1.29, 1.82) is 0 Å². The number of allylic oxidation sites excluding steroid dienone is 1. The predicted octanol–water partition coefficient (Wildman–Crippen LogP) is 5.22. The summed E-state index contributed by atoms with van der Waals surface area (Å²) in [5, 5.41) is 0. The number of hydrogen-bond acceptors (Lipinski definition) is 1. The Bertz CT molecular complexity index is 549. The Morgan fingerprint density at radius 1 is 1.24 bits per heavy atom. The molecule has 0 saturated heterocycles. The van der Waals surface area contributed by atoms with Crippen molar-refractivity contribution in [3.05, 3.63) is 41.7 Å². The molecule has 6 heteroatoms. The van der Waals surface area contributed by atoms with Gasteiger partial charge in [-0.3, -0.25) is 0 Å². The van der Waals surface area contributed by atoms with Gasteiger partial charge in [0.2, 0.25) is 0 Å². The summed E-state index contributed by atoms with van der Waals surface area (Å²) < 4.78 is 69.6. The lowest BCUT2D eigenvalue weighted by atomic mass is 9.85. The summed E-state index contributed by atoms with van der Waals surface area (Å²) in [7, 11) is 0. The summed E-state index contributed by atoms with van der Waals surface area (Å²) in [5.74, 6) is -1.45. The molecule has 0 bridgehead atoms. The lowest BCUT2D eigenvalue weighted by Crippen LogP contribution is -2.37. The molecule has 116 valence electrons. The van der Waals surface area contributed by atoms with Gasteiger partial charge in [0.15, 0.2) is 0 Å². The molecule has 21 heavy (non-hydrogen) atoms. The second kappa shape index (κ2) is 5.66. The molecule has 1 atom stereocenters. The van der Waals surface area contributed by atoms with E-state index in [4.69, 9.17) is 4.74 Å². The summed E-state index contributed by atoms with van der Waals surface area (Å²) >= 11 is 0. The lowest BCUT2D eigenvalue weighted by Gasteiger charge is -2.36. The van der Waals surface area contributed by atoms with E-state index in [2.05, 4.69) is 0 Å². The predicted molar refractivity (Wildman–Crippen MR) is 68.3 cm³/mol. The van der Waals surface area contributed by atoms with Gasteiger partial charge in [0, 0.05) is 11.6 Å². The quantitative estimate of drug-likeness (QED) is 0.696. The smallest absolute Gasteiger partial charge is 0.392 e. The molecule has 1 aliphatic rings. The van der Waals surface area contributed by atoms with Crippen molar-refractivity contribution in [3.8, 4) is 0 Å². The van der Waals surface area contributed by atoms with E-state index in [0.717, 1.165) is 12.1 Å². The van der Waals surface area contributed by atoms with Crippen LogP contribution >= 0.6 is 0 Å². The minimum absolute atomic E-state index is 0.145. The Hall–Kier alpha value is -1.59. The van der Waals surface area contributed by atoms with Crippen molar-refractivity contribution in [3.63, 3.8) is 0 Å². The number of halogens is 5. The maximum absolute atomic E-state index is 13.7. The number of hydrogen-bond donors (Lipinski definition) is 0. The van der Waals surface area contributed by atoms with Gasteiger partial charge in [-0.05, 0) is 37.0 Å². The molecule has 1 nitrogen and oxygen atoms in total. The van der Waals surface area contributed by atoms with E-state index in [0.29, 0.717) is 5.57 Å². The fraction of sp³-hybridized carbons (Fsp3) is 0.467. The largest absolute Gasteiger partial charge is 0.494 e. The Balaban J connectivity index is 2.21. The van der Waals surface area contributed by atoms with Crippen LogP contribution in [0, 0.1) is 11.6 Å². The molecule has 0 radical (unpaired) electrons. The van der Waals surface area contributed by atoms with Crippen molar-refractivity contribution < 1.29 is 26.7 Å². The van der Waals surface area contributed by atoms with Crippen molar-refractivity contribution in [2.75, 3.05) is 0 Å². The highest BCUT2D eigenvalue weighted by molar-refractivity contribution is 5.65. The highest BCUT2D eigenvalue weighted by atomic mass is 19.4. The normalized spacial score (nSPS) is 22.7. The minimum atomic E-state index is -4.32. The minimum Gasteiger partial charge on any atom is -0.494 e. The highest BCUT2D eigenvalue weighted by Crippen LogP contribution is 2.41. The summed E-state index contributed by atoms with van der Waals surface area (Å²) in [6.07, 6.45) is -3.57. The molecule has 1 aromatic carbocycles. The molecule has 0 saturated carbocycles. The monoisotopic (exact) mass is 306 g/mol. The Kier molecular flexibility index (Phi) is 4.25. The molecule has 0 fully saturated rings. The summed E-state index contributed by atoms with van der Waals surface area (Å²) in [5.41, 5.74) is -0.690. The van der Waals surface area contributed by atoms with Gasteiger partial charge in [0.1, 0.15) is 17.2 Å². The van der Waals surface area contributed by atoms with Crippen LogP contribution < -0.4 is 0 Å². The number of alkyl halides is 3. The van der Waals surface area contributed by atoms with Crippen LogP contribution in [0.4, 0.5) is 22.0 Å². The molecule has 0 unspecified atom stereocenters. The third kappa shape index (κ3) is 3.74. The van der Waals surface area contributed by atoms with Gasteiger partial charge in [-0.2, -0.15) is 13.2 Å². The molecule has 1 aromatic rings. The van der Waals surface area contributed by atoms with E-state index in [9.17, 15) is 22.0 Å². The molecule has 1 aliphatic heterocycles. The van der Waals surface area contributed by atoms with Crippen molar-refractivity contribution >= 4 is 5.57 Å². The topological polar surface area (TPSA) is 9.23 Å². The van der Waals surface area contributed by atoms with E-state index in [1.807, 2.05) is 0 Å². The van der Waals surface area contributed by atoms with E-state index >= 15 is 0 Å². The van der Waals surface area contributed by atoms with Crippen LogP contribution in [0.25, 0.3) is 5.57 Å². The van der Waals surface area contributed by atoms with Gasteiger partial charge in [0.25, 0.3) is 0 Å². The molecular formula is C15H15F5O. The van der Waals surface area contributed by atoms with Gasteiger partial charge in [-0.15, -0.1) is 0 Å². The van der Waals surface area contributed by atoms with Crippen LogP contribution in [0.15, 0.2) is 24.5 Å². The third-order valence-electron chi connectivity index (χ3n) is 3.75. The fourth-order valence-electron chi connectivity index (χ4n) is 2.50. The van der Waals surface area contributed by atoms with Crippen molar-refractivity contribution in [2.24, 2.45) is 0 Å². The van der Waals surface area contributed by atoms with E-state index in [-0.39, 0.29) is 24.8 Å². The Labute approximate surface area is 119 Å². The molecule has 0 spiro atoms. The van der Waals surface area contributed by atoms with E-state index in [1.165, 1.54) is 12.3 Å². The molecule has 2 rings (SSSR count). The zero-order valence-electron chi connectivity index (χ0n) is 11.4. The van der Waals surface area contributed by atoms with Gasteiger partial charge >= 0.3 is 6.18 Å². The highest BCUT2D eigenvalue weighted by Gasteiger charge is 2.44. The van der Waals surface area contributed by atoms with E-state index in [1.54, 1.807) is 6.92 Å². The summed E-state index contributed by atoms with van der Waals surface area (Å²) in [6.45, 7) is 1.63. The van der Waals surface area contributed by atoms with Crippen LogP contribution in [0.5, 0.6) is 0 Å². The number of rotatable bonds is 3. The van der Waals surface area contributed by atoms with Gasteiger partial charge in [0.05, 0.1) is 12.7 Å². The first-order chi connectivity index (χ1) is 9.75. The Morgan fingerprint density at radius 2 is 1.95 bits per heavy atom. The first-order valence-electron chi connectivity index (χ1n) is 6.64. The second-order valence-corrected chi connectivity index (χ2v) is 5.21. The fourth-order valence-corrected chi connectivity index (χ4v) is 2.50. The maximum Gasteiger partial charge on any atom is 0.392 e. The average molecular weight is 306 g/mol. The zero-order valence-corrected chi connectivity index (χ0v) is 11.4. The maximum atomic E-state index is 13.7. The molecule has 0 aromatic heterocycles. The standard InChI is InChI=1S/C15H15F5O/c1-2-14(9-15(18,19)20)6-5-10(8-21-14)12-4-3-11(16)7-13(12)17/h3-4,7-8H,2,5-6,9H2,1H3/t14-/m1/s1. The molecule has 0 aliphatic carbocycles. The number of ether oxygens (including phenoxy) is 1. The van der Waals surface area contributed by atoms with Crippen LogP contribution in [0.2, 0.25) is 0 Å². The van der Waals surface area contributed by atoms with Crippen molar-refractivity contribution in [2.45, 2.75) is 44.4 Å². The van der Waals surface area contributed by atoms with Crippen LogP contribution in [0.1, 0.15) is 38.2 Å². The van der Waals surface area contributed by atoms with Crippen LogP contribution in [-0.2, 0) is 4.74 Å². The van der Waals surface area contributed by atoms with Gasteiger partial charge in [-0.1, -0.05) is 6.92 Å². The van der Waals surface area contributed by atoms with Crippen LogP contribution in [0.3, 0.4) is 0 Å². The number of benzene rings is 1. The van der Waals surface area contributed by atoms with Gasteiger partial charge in [-0.25, -0.2) is 8.78 Å². The second-order valence-electron chi connectivity index (χ2n) is 5.21. The molecular weight excluding hydrogens is 291 g/mol. The van der Waals surface area contributed by atoms with E-state index < -0.39 is 29.8 Å². The first kappa shape index (κ1) is 15.8. The zero-order chi connectivity index (χ0) is 15.7. The molecule has 1 heterocycles. The SMILES string of the molecule is CC[C@]1(CC(F)(F)F)CCC(c2ccc(F)cc2F)=CO1. The van der Waals surface area contributed by atoms with Crippen LogP contribution in [-0.4, -0.2) is 11.8 Å². The summed E-state index contributed by atoms with van der Waals surface area (Å²) in [4.78, 5) is 0.